The van der Waals surface area contributed by atoms with Gasteiger partial charge in [0.1, 0.15) is 17.5 Å². The largest absolute Gasteiger partial charge is 0.477 e. The second kappa shape index (κ2) is 7.86. The van der Waals surface area contributed by atoms with Crippen molar-refractivity contribution in [3.8, 4) is 5.88 Å². The smallest absolute Gasteiger partial charge is 0.326 e. The average molecular weight is 399 g/mol. The molecule has 2 aliphatic rings. The molecular weight excluding hydrogens is 380 g/mol. The lowest BCUT2D eigenvalue weighted by Gasteiger charge is -2.22. The lowest BCUT2D eigenvalue weighted by atomic mass is 10.0. The van der Waals surface area contributed by atoms with Crippen LogP contribution in [-0.2, 0) is 6.54 Å². The van der Waals surface area contributed by atoms with Crippen LogP contribution >= 0.6 is 0 Å². The van der Waals surface area contributed by atoms with Gasteiger partial charge in [0, 0.05) is 43.6 Å². The molecule has 0 bridgehead atoms. The fourth-order valence-electron chi connectivity index (χ4n) is 3.42. The molecule has 1 fully saturated rings. The zero-order valence-corrected chi connectivity index (χ0v) is 15.6. The third-order valence-corrected chi connectivity index (χ3v) is 4.91. The highest BCUT2D eigenvalue weighted by molar-refractivity contribution is 5.93. The zero-order valence-electron chi connectivity index (χ0n) is 15.6. The quantitative estimate of drug-likeness (QED) is 0.620. The van der Waals surface area contributed by atoms with Crippen molar-refractivity contribution in [1.29, 1.82) is 0 Å². The summed E-state index contributed by atoms with van der Waals surface area (Å²) in [5.41, 5.74) is 4.37. The van der Waals surface area contributed by atoms with Gasteiger partial charge in [0.05, 0.1) is 13.2 Å². The summed E-state index contributed by atoms with van der Waals surface area (Å²) in [6, 6.07) is 6.87. The zero-order chi connectivity index (χ0) is 20.4. The highest BCUT2D eigenvalue weighted by atomic mass is 19.1. The van der Waals surface area contributed by atoms with Crippen LogP contribution in [0.15, 0.2) is 41.6 Å². The van der Waals surface area contributed by atoms with Crippen LogP contribution in [0.25, 0.3) is 5.57 Å². The number of carbonyl (C=O) groups excluding carboxylic acids is 1. The molecule has 29 heavy (non-hydrogen) atoms. The normalized spacial score (nSPS) is 17.3. The van der Waals surface area contributed by atoms with Crippen LogP contribution < -0.4 is 15.1 Å². The van der Waals surface area contributed by atoms with E-state index in [0.717, 1.165) is 11.1 Å². The number of nitrogens with zero attached hydrogens (tertiary/aromatic N) is 4. The third kappa shape index (κ3) is 3.63. The van der Waals surface area contributed by atoms with Gasteiger partial charge in [0.15, 0.2) is 0 Å². The molecule has 0 spiro atoms. The Morgan fingerprint density at radius 2 is 2.03 bits per heavy atom. The van der Waals surface area contributed by atoms with E-state index in [9.17, 15) is 13.6 Å². The molecule has 1 N–H and O–H groups in total. The molecule has 0 radical (unpaired) electrons. The lowest BCUT2D eigenvalue weighted by molar-refractivity contribution is 0.217. The van der Waals surface area contributed by atoms with Crippen LogP contribution in [0.5, 0.6) is 5.88 Å². The first kappa shape index (κ1) is 18.9. The van der Waals surface area contributed by atoms with Crippen LogP contribution in [-0.4, -0.2) is 42.3 Å². The molecule has 3 heterocycles. The number of benzene rings is 1. The number of aromatic nitrogens is 1. The Labute approximate surface area is 166 Å². The summed E-state index contributed by atoms with van der Waals surface area (Å²) in [7, 11) is 0. The molecule has 2 aliphatic heterocycles. The Morgan fingerprint density at radius 1 is 1.24 bits per heavy atom. The summed E-state index contributed by atoms with van der Waals surface area (Å²) in [6.45, 7) is 4.40. The maximum atomic E-state index is 13.9. The molecule has 0 saturated carbocycles. The van der Waals surface area contributed by atoms with E-state index < -0.39 is 11.6 Å². The monoisotopic (exact) mass is 399 g/mol. The predicted octanol–water partition coefficient (Wildman–Crippen LogP) is 3.13. The number of pyridine rings is 1. The number of halogens is 2. The molecule has 2 aromatic rings. The number of amides is 2. The second-order valence-electron chi connectivity index (χ2n) is 6.63. The van der Waals surface area contributed by atoms with Crippen LogP contribution in [0.3, 0.4) is 0 Å². The minimum atomic E-state index is -0.668. The number of hydrogen-bond donors (Lipinski definition) is 1. The number of rotatable bonds is 5. The average Bonchev–Trinajstić information content (AvgIpc) is 3.09. The van der Waals surface area contributed by atoms with Crippen LogP contribution in [0.2, 0.25) is 0 Å². The highest BCUT2D eigenvalue weighted by Gasteiger charge is 2.32. The molecule has 1 aromatic carbocycles. The van der Waals surface area contributed by atoms with E-state index in [-0.39, 0.29) is 18.1 Å². The molecule has 0 unspecified atom stereocenters. The molecule has 2 amide bonds. The van der Waals surface area contributed by atoms with Gasteiger partial charge in [-0.05, 0) is 29.8 Å². The van der Waals surface area contributed by atoms with Gasteiger partial charge in [0.2, 0.25) is 5.88 Å². The van der Waals surface area contributed by atoms with Crippen molar-refractivity contribution in [2.45, 2.75) is 13.0 Å². The standard InChI is InChI=1S/C20H19F2N5O2/c1-23-24-11-13-7-10-29-19-14(13)5-6-18(25-19)27-9-8-26(20(27)28)12-15-16(21)3-2-4-17(15)22/h2-6,11,24H,1,7-10,12H2/b13-11+. The summed E-state index contributed by atoms with van der Waals surface area (Å²) in [4.78, 5) is 20.1. The third-order valence-electron chi connectivity index (χ3n) is 4.91. The molecule has 0 atom stereocenters. The van der Waals surface area contributed by atoms with Gasteiger partial charge in [-0.15, -0.1) is 0 Å². The molecule has 1 saturated heterocycles. The maximum absolute atomic E-state index is 13.9. The minimum absolute atomic E-state index is 0.123. The van der Waals surface area contributed by atoms with E-state index in [0.29, 0.717) is 37.8 Å². The van der Waals surface area contributed by atoms with E-state index >= 15 is 0 Å². The minimum Gasteiger partial charge on any atom is -0.477 e. The molecular formula is C20H19F2N5O2. The van der Waals surface area contributed by atoms with Gasteiger partial charge in [-0.3, -0.25) is 10.3 Å². The Morgan fingerprint density at radius 3 is 2.79 bits per heavy atom. The van der Waals surface area contributed by atoms with Gasteiger partial charge in [-0.1, -0.05) is 6.07 Å². The van der Waals surface area contributed by atoms with Gasteiger partial charge < -0.3 is 9.64 Å². The SMILES string of the molecule is C=NN/C=C1\CCOc2nc(N3CCN(Cc4c(F)cccc4F)C3=O)ccc21. The van der Waals surface area contributed by atoms with Crippen molar-refractivity contribution < 1.29 is 18.3 Å². The Balaban J connectivity index is 1.54. The van der Waals surface area contributed by atoms with Gasteiger partial charge >= 0.3 is 6.03 Å². The number of nitrogens with one attached hydrogen (secondary N) is 1. The molecule has 9 heteroatoms. The van der Waals surface area contributed by atoms with Crippen molar-refractivity contribution in [2.24, 2.45) is 5.10 Å². The number of hydrazone groups is 1. The second-order valence-corrected chi connectivity index (χ2v) is 6.63. The van der Waals surface area contributed by atoms with E-state index in [4.69, 9.17) is 4.74 Å². The molecule has 7 nitrogen and oxygen atoms in total. The fraction of sp³-hybridized carbons (Fsp3) is 0.250. The molecule has 1 aromatic heterocycles. The first-order chi connectivity index (χ1) is 14.1. The first-order valence-corrected chi connectivity index (χ1v) is 9.12. The van der Waals surface area contributed by atoms with E-state index in [1.165, 1.54) is 28.0 Å². The van der Waals surface area contributed by atoms with Gasteiger partial charge in [-0.25, -0.2) is 13.6 Å². The topological polar surface area (TPSA) is 70.1 Å². The van der Waals surface area contributed by atoms with E-state index in [1.54, 1.807) is 12.3 Å². The molecule has 150 valence electrons. The van der Waals surface area contributed by atoms with Crippen molar-refractivity contribution in [2.75, 3.05) is 24.6 Å². The molecule has 0 aliphatic carbocycles. The van der Waals surface area contributed by atoms with Crippen molar-refractivity contribution >= 4 is 24.1 Å². The first-order valence-electron chi connectivity index (χ1n) is 9.12. The number of anilines is 1. The van der Waals surface area contributed by atoms with Crippen LogP contribution in [0.4, 0.5) is 19.4 Å². The van der Waals surface area contributed by atoms with E-state index in [2.05, 4.69) is 22.2 Å². The lowest BCUT2D eigenvalue weighted by Crippen LogP contribution is -2.32. The summed E-state index contributed by atoms with van der Waals surface area (Å²) in [5, 5.41) is 3.60. The van der Waals surface area contributed by atoms with Crippen molar-refractivity contribution in [1.82, 2.24) is 15.3 Å². The number of ether oxygens (including phenoxy) is 1. The summed E-state index contributed by atoms with van der Waals surface area (Å²) in [6.07, 6.45) is 2.43. The van der Waals surface area contributed by atoms with Crippen molar-refractivity contribution in [3.63, 3.8) is 0 Å². The predicted molar refractivity (Wildman–Crippen MR) is 105 cm³/mol. The molecule has 4 rings (SSSR count). The number of urea groups is 1. The Bertz CT molecular complexity index is 975. The van der Waals surface area contributed by atoms with E-state index in [1.807, 2.05) is 6.07 Å². The number of carbonyl (C=O) groups is 1. The van der Waals surface area contributed by atoms with Gasteiger partial charge in [-0.2, -0.15) is 10.1 Å². The Hall–Kier alpha value is -3.49. The fourth-order valence-corrected chi connectivity index (χ4v) is 3.42. The summed E-state index contributed by atoms with van der Waals surface area (Å²) < 4.78 is 33.5. The van der Waals surface area contributed by atoms with Gasteiger partial charge in [0.25, 0.3) is 0 Å². The summed E-state index contributed by atoms with van der Waals surface area (Å²) >= 11 is 0. The van der Waals surface area contributed by atoms with Crippen molar-refractivity contribution in [3.05, 3.63) is 59.3 Å². The summed E-state index contributed by atoms with van der Waals surface area (Å²) in [5.74, 6) is -0.476. The number of hydrogen-bond acceptors (Lipinski definition) is 5. The number of fused-ring (bicyclic) bond motifs is 1. The highest BCUT2D eigenvalue weighted by Crippen LogP contribution is 2.33. The maximum Gasteiger partial charge on any atom is 0.326 e. The van der Waals surface area contributed by atoms with Crippen LogP contribution in [0, 0.1) is 11.6 Å². The van der Waals surface area contributed by atoms with Crippen LogP contribution in [0.1, 0.15) is 17.5 Å². The Kier molecular flexibility index (Phi) is 5.11.